The molecule has 0 fully saturated rings. The van der Waals surface area contributed by atoms with Gasteiger partial charge in [0.25, 0.3) is 10.0 Å². The van der Waals surface area contributed by atoms with Gasteiger partial charge in [0.1, 0.15) is 0 Å². The predicted molar refractivity (Wildman–Crippen MR) is 107 cm³/mol. The maximum absolute atomic E-state index is 12.8. The van der Waals surface area contributed by atoms with E-state index in [0.29, 0.717) is 24.2 Å². The number of hydrogen-bond donors (Lipinski definition) is 1. The lowest BCUT2D eigenvalue weighted by molar-refractivity contribution is 0.392. The monoisotopic (exact) mass is 408 g/mol. The lowest BCUT2D eigenvalue weighted by atomic mass is 10.0. The fourth-order valence-electron chi connectivity index (χ4n) is 3.33. The molecular formula is C19H24N2O4S2. The fourth-order valence-corrected chi connectivity index (χ4v) is 5.67. The topological polar surface area (TPSA) is 83.6 Å². The van der Waals surface area contributed by atoms with Crippen LogP contribution in [0.3, 0.4) is 0 Å². The zero-order valence-corrected chi connectivity index (χ0v) is 17.3. The molecule has 1 aliphatic rings. The smallest absolute Gasteiger partial charge is 0.262 e. The zero-order chi connectivity index (χ0) is 19.8. The van der Waals surface area contributed by atoms with Gasteiger partial charge >= 0.3 is 0 Å². The maximum Gasteiger partial charge on any atom is 0.262 e. The molecule has 0 unspecified atom stereocenters. The van der Waals surface area contributed by atoms with Gasteiger partial charge in [-0.3, -0.25) is 4.72 Å². The van der Waals surface area contributed by atoms with Crippen LogP contribution < -0.4 is 4.72 Å². The van der Waals surface area contributed by atoms with Crippen LogP contribution in [-0.2, 0) is 33.0 Å². The molecule has 0 atom stereocenters. The van der Waals surface area contributed by atoms with E-state index in [1.807, 2.05) is 19.1 Å². The molecule has 0 saturated carbocycles. The number of nitrogens with zero attached hydrogens (tertiary/aromatic N) is 1. The fraction of sp³-hybridized carbons (Fsp3) is 0.368. The van der Waals surface area contributed by atoms with Crippen LogP contribution in [0.1, 0.15) is 29.2 Å². The number of hydrogen-bond acceptors (Lipinski definition) is 4. The van der Waals surface area contributed by atoms with Crippen LogP contribution in [0.15, 0.2) is 41.3 Å². The number of fused-ring (bicyclic) bond motifs is 1. The standard InChI is InChI=1S/C19H24N2O4S2/c1-4-26(22,23)21-10-9-16-6-7-18(12-17(16)13-21)20-27(24,25)19-8-5-14(2)11-15(19)3/h5-8,11-12,20H,4,9-10,13H2,1-3H3. The van der Waals surface area contributed by atoms with Crippen LogP contribution in [0.5, 0.6) is 0 Å². The van der Waals surface area contributed by atoms with Gasteiger partial charge in [-0.15, -0.1) is 0 Å². The Kier molecular flexibility index (Phi) is 5.33. The molecule has 0 amide bonds. The molecule has 1 aliphatic heterocycles. The average Bonchev–Trinajstić information content (AvgIpc) is 2.60. The lowest BCUT2D eigenvalue weighted by Crippen LogP contribution is -2.36. The van der Waals surface area contributed by atoms with Crippen molar-refractivity contribution in [3.63, 3.8) is 0 Å². The highest BCUT2D eigenvalue weighted by atomic mass is 32.2. The minimum absolute atomic E-state index is 0.0569. The predicted octanol–water partition coefficient (Wildman–Crippen LogP) is 2.81. The highest BCUT2D eigenvalue weighted by Gasteiger charge is 2.26. The van der Waals surface area contributed by atoms with E-state index in [1.54, 1.807) is 38.1 Å². The Morgan fingerprint density at radius 2 is 1.74 bits per heavy atom. The van der Waals surface area contributed by atoms with Crippen molar-refractivity contribution in [3.05, 3.63) is 58.7 Å². The van der Waals surface area contributed by atoms with Gasteiger partial charge in [-0.05, 0) is 62.1 Å². The van der Waals surface area contributed by atoms with Crippen LogP contribution in [0.4, 0.5) is 5.69 Å². The normalized spacial score (nSPS) is 15.4. The van der Waals surface area contributed by atoms with Crippen molar-refractivity contribution < 1.29 is 16.8 Å². The first-order chi connectivity index (χ1) is 12.6. The minimum atomic E-state index is -3.72. The first-order valence-electron chi connectivity index (χ1n) is 8.82. The number of benzene rings is 2. The summed E-state index contributed by atoms with van der Waals surface area (Å²) in [6, 6.07) is 10.5. The van der Waals surface area contributed by atoms with Crippen molar-refractivity contribution in [2.45, 2.75) is 38.6 Å². The Balaban J connectivity index is 1.88. The number of sulfonamides is 2. The van der Waals surface area contributed by atoms with Gasteiger partial charge in [0.05, 0.1) is 10.6 Å². The Labute approximate surface area is 161 Å². The maximum atomic E-state index is 12.8. The second kappa shape index (κ2) is 7.26. The molecular weight excluding hydrogens is 384 g/mol. The third-order valence-corrected chi connectivity index (χ3v) is 8.18. The van der Waals surface area contributed by atoms with Crippen LogP contribution >= 0.6 is 0 Å². The second-order valence-corrected chi connectivity index (χ2v) is 10.8. The van der Waals surface area contributed by atoms with E-state index in [0.717, 1.165) is 16.7 Å². The first kappa shape index (κ1) is 19.9. The second-order valence-electron chi connectivity index (χ2n) is 6.84. The van der Waals surface area contributed by atoms with Gasteiger partial charge in [-0.1, -0.05) is 23.8 Å². The highest BCUT2D eigenvalue weighted by Crippen LogP contribution is 2.26. The Bertz CT molecular complexity index is 1080. The summed E-state index contributed by atoms with van der Waals surface area (Å²) < 4.78 is 53.9. The van der Waals surface area contributed by atoms with E-state index < -0.39 is 20.0 Å². The third kappa shape index (κ3) is 4.17. The molecule has 146 valence electrons. The number of rotatable bonds is 5. The van der Waals surface area contributed by atoms with E-state index in [9.17, 15) is 16.8 Å². The van der Waals surface area contributed by atoms with E-state index in [-0.39, 0.29) is 17.2 Å². The molecule has 0 aliphatic carbocycles. The van der Waals surface area contributed by atoms with Gasteiger partial charge in [-0.25, -0.2) is 16.8 Å². The van der Waals surface area contributed by atoms with Gasteiger partial charge in [0, 0.05) is 18.8 Å². The van der Waals surface area contributed by atoms with Gasteiger partial charge in [0.2, 0.25) is 10.0 Å². The van der Waals surface area contributed by atoms with Gasteiger partial charge < -0.3 is 0 Å². The van der Waals surface area contributed by atoms with Crippen LogP contribution in [0.2, 0.25) is 0 Å². The Hall–Kier alpha value is -1.90. The van der Waals surface area contributed by atoms with Crippen molar-refractivity contribution in [2.24, 2.45) is 0 Å². The quantitative estimate of drug-likeness (QED) is 0.825. The summed E-state index contributed by atoms with van der Waals surface area (Å²) in [5, 5.41) is 0. The Morgan fingerprint density at radius 3 is 2.41 bits per heavy atom. The summed E-state index contributed by atoms with van der Waals surface area (Å²) in [4.78, 5) is 0.237. The van der Waals surface area contributed by atoms with E-state index in [2.05, 4.69) is 4.72 Å². The molecule has 0 saturated heterocycles. The largest absolute Gasteiger partial charge is 0.280 e. The molecule has 0 radical (unpaired) electrons. The minimum Gasteiger partial charge on any atom is -0.280 e. The van der Waals surface area contributed by atoms with E-state index in [1.165, 1.54) is 4.31 Å². The summed E-state index contributed by atoms with van der Waals surface area (Å²) >= 11 is 0. The van der Waals surface area contributed by atoms with Crippen molar-refractivity contribution in [2.75, 3.05) is 17.0 Å². The molecule has 2 aromatic carbocycles. The van der Waals surface area contributed by atoms with Gasteiger partial charge in [0.15, 0.2) is 0 Å². The first-order valence-corrected chi connectivity index (χ1v) is 11.9. The molecule has 3 rings (SSSR count). The molecule has 0 aromatic heterocycles. The van der Waals surface area contributed by atoms with Crippen molar-refractivity contribution >= 4 is 25.7 Å². The van der Waals surface area contributed by atoms with E-state index >= 15 is 0 Å². The third-order valence-electron chi connectivity index (χ3n) is 4.81. The summed E-state index contributed by atoms with van der Waals surface area (Å²) in [6.45, 7) is 6.03. The van der Waals surface area contributed by atoms with Crippen molar-refractivity contribution in [3.8, 4) is 0 Å². The molecule has 1 N–H and O–H groups in total. The summed E-state index contributed by atoms with van der Waals surface area (Å²) in [5.41, 5.74) is 3.99. The van der Waals surface area contributed by atoms with Crippen LogP contribution in [0.25, 0.3) is 0 Å². The molecule has 6 nitrogen and oxygen atoms in total. The molecule has 2 aromatic rings. The molecule has 8 heteroatoms. The molecule has 27 heavy (non-hydrogen) atoms. The Morgan fingerprint density at radius 1 is 1.00 bits per heavy atom. The molecule has 0 spiro atoms. The molecule has 0 bridgehead atoms. The number of nitrogens with one attached hydrogen (secondary N) is 1. The number of aryl methyl sites for hydroxylation is 2. The SMILES string of the molecule is CCS(=O)(=O)N1CCc2ccc(NS(=O)(=O)c3ccc(C)cc3C)cc2C1. The summed E-state index contributed by atoms with van der Waals surface area (Å²) in [5.74, 6) is 0.0569. The van der Waals surface area contributed by atoms with Crippen LogP contribution in [0, 0.1) is 13.8 Å². The molecule has 1 heterocycles. The lowest BCUT2D eigenvalue weighted by Gasteiger charge is -2.28. The van der Waals surface area contributed by atoms with Gasteiger partial charge in [-0.2, -0.15) is 4.31 Å². The van der Waals surface area contributed by atoms with Crippen LogP contribution in [-0.4, -0.2) is 33.4 Å². The highest BCUT2D eigenvalue weighted by molar-refractivity contribution is 7.92. The average molecular weight is 409 g/mol. The summed E-state index contributed by atoms with van der Waals surface area (Å²) in [7, 11) is -6.99. The van der Waals surface area contributed by atoms with Crippen molar-refractivity contribution in [1.29, 1.82) is 0 Å². The number of anilines is 1. The summed E-state index contributed by atoms with van der Waals surface area (Å²) in [6.07, 6.45) is 0.624. The zero-order valence-electron chi connectivity index (χ0n) is 15.7. The van der Waals surface area contributed by atoms with E-state index in [4.69, 9.17) is 0 Å². The van der Waals surface area contributed by atoms with Crippen molar-refractivity contribution in [1.82, 2.24) is 4.31 Å².